The van der Waals surface area contributed by atoms with Crippen molar-refractivity contribution in [3.8, 4) is 0 Å². The molecule has 0 saturated heterocycles. The van der Waals surface area contributed by atoms with Crippen LogP contribution in [0.1, 0.15) is 36.7 Å². The van der Waals surface area contributed by atoms with Crippen molar-refractivity contribution in [1.29, 1.82) is 0 Å². The maximum atomic E-state index is 12.7. The van der Waals surface area contributed by atoms with Crippen LogP contribution in [0.5, 0.6) is 0 Å². The Hall–Kier alpha value is -2.98. The number of carbonyl (C=O) groups excluding carboxylic acids is 2. The molecule has 11 heteroatoms. The summed E-state index contributed by atoms with van der Waals surface area (Å²) >= 11 is 13.9. The van der Waals surface area contributed by atoms with Gasteiger partial charge in [-0.1, -0.05) is 35.3 Å². The highest BCUT2D eigenvalue weighted by Crippen LogP contribution is 2.38. The van der Waals surface area contributed by atoms with Crippen molar-refractivity contribution < 1.29 is 14.5 Å². The molecule has 0 radical (unpaired) electrons. The number of primary amides is 1. The highest BCUT2D eigenvalue weighted by Gasteiger charge is 2.28. The Balaban J connectivity index is 1.58. The second-order valence-corrected chi connectivity index (χ2v) is 9.41. The van der Waals surface area contributed by atoms with Gasteiger partial charge in [-0.3, -0.25) is 24.6 Å². The summed E-state index contributed by atoms with van der Waals surface area (Å²) in [6, 6.07) is 10.7. The van der Waals surface area contributed by atoms with Crippen molar-refractivity contribution in [3.63, 3.8) is 0 Å². The van der Waals surface area contributed by atoms with E-state index in [1.165, 1.54) is 35.6 Å². The van der Waals surface area contributed by atoms with E-state index in [0.717, 1.165) is 16.0 Å². The first-order valence-electron chi connectivity index (χ1n) is 9.90. The summed E-state index contributed by atoms with van der Waals surface area (Å²) in [5.74, 6) is -1.19. The van der Waals surface area contributed by atoms with E-state index in [4.69, 9.17) is 28.9 Å². The minimum atomic E-state index is -0.635. The van der Waals surface area contributed by atoms with Crippen LogP contribution in [0.3, 0.4) is 0 Å². The quantitative estimate of drug-likeness (QED) is 0.366. The average Bonchev–Trinajstić information content (AvgIpc) is 3.13. The van der Waals surface area contributed by atoms with Crippen LogP contribution in [-0.4, -0.2) is 28.2 Å². The molecule has 1 aromatic heterocycles. The highest BCUT2D eigenvalue weighted by atomic mass is 35.5. The number of fused-ring (bicyclic) bond motifs is 1. The fourth-order valence-corrected chi connectivity index (χ4v) is 5.59. The molecule has 0 aliphatic carbocycles. The Morgan fingerprint density at radius 1 is 1.18 bits per heavy atom. The van der Waals surface area contributed by atoms with E-state index < -0.39 is 16.7 Å². The van der Waals surface area contributed by atoms with Gasteiger partial charge in [0.25, 0.3) is 17.5 Å². The number of non-ortho nitro benzene ring substituents is 1. The predicted octanol–water partition coefficient (Wildman–Crippen LogP) is 4.87. The van der Waals surface area contributed by atoms with Crippen LogP contribution in [0, 0.1) is 10.1 Å². The number of nitrogens with one attached hydrogen (secondary N) is 1. The second-order valence-electron chi connectivity index (χ2n) is 7.49. The second kappa shape index (κ2) is 9.48. The summed E-state index contributed by atoms with van der Waals surface area (Å²) < 4.78 is 0. The largest absolute Gasteiger partial charge is 0.365 e. The molecule has 8 nitrogen and oxygen atoms in total. The Morgan fingerprint density at radius 3 is 2.55 bits per heavy atom. The Labute approximate surface area is 203 Å². The maximum absolute atomic E-state index is 12.7. The van der Waals surface area contributed by atoms with E-state index >= 15 is 0 Å². The summed E-state index contributed by atoms with van der Waals surface area (Å²) in [4.78, 5) is 38.5. The van der Waals surface area contributed by atoms with Crippen molar-refractivity contribution >= 4 is 57.0 Å². The molecule has 3 aromatic rings. The topological polar surface area (TPSA) is 119 Å². The molecule has 1 aliphatic rings. The summed E-state index contributed by atoms with van der Waals surface area (Å²) in [6.07, 6.45) is 0.568. The van der Waals surface area contributed by atoms with Gasteiger partial charge in [-0.05, 0) is 30.2 Å². The number of carbonyl (C=O) groups is 2. The first-order valence-corrected chi connectivity index (χ1v) is 11.5. The SMILES string of the molecule is NC(=O)c1c(NC(=O)c2cccc([N+](=O)[O-])c2)sc2c1CCN(Cc1c(Cl)cccc1Cl)C2. The van der Waals surface area contributed by atoms with Crippen molar-refractivity contribution in [2.24, 2.45) is 5.73 Å². The molecule has 0 bridgehead atoms. The maximum Gasteiger partial charge on any atom is 0.270 e. The van der Waals surface area contributed by atoms with Crippen LogP contribution >= 0.6 is 34.5 Å². The van der Waals surface area contributed by atoms with Gasteiger partial charge in [-0.2, -0.15) is 0 Å². The number of nitro benzene ring substituents is 1. The lowest BCUT2D eigenvalue weighted by Crippen LogP contribution is -2.30. The fourth-order valence-electron chi connectivity index (χ4n) is 3.78. The van der Waals surface area contributed by atoms with Crippen LogP contribution in [0.15, 0.2) is 42.5 Å². The number of nitrogens with zero attached hydrogens (tertiary/aromatic N) is 2. The Bertz CT molecular complexity index is 1260. The van der Waals surface area contributed by atoms with Gasteiger partial charge in [0.1, 0.15) is 5.00 Å². The lowest BCUT2D eigenvalue weighted by molar-refractivity contribution is -0.384. The number of hydrogen-bond acceptors (Lipinski definition) is 6. The van der Waals surface area contributed by atoms with Crippen LogP contribution < -0.4 is 11.1 Å². The number of nitrogens with two attached hydrogens (primary N) is 1. The zero-order chi connectivity index (χ0) is 23.7. The third-order valence-corrected chi connectivity index (χ3v) is 7.21. The standard InChI is InChI=1S/C22H18Cl2N4O4S/c23-16-5-2-6-17(24)15(16)10-27-8-7-14-18(11-27)33-22(19(14)20(25)29)26-21(30)12-3-1-4-13(9-12)28(31)32/h1-6,9H,7-8,10-11H2,(H2,25,29)(H,26,30). The number of rotatable bonds is 6. The van der Waals surface area contributed by atoms with Gasteiger partial charge in [0.05, 0.1) is 10.5 Å². The van der Waals surface area contributed by atoms with Crippen molar-refractivity contribution in [1.82, 2.24) is 4.90 Å². The third-order valence-electron chi connectivity index (χ3n) is 5.37. The highest BCUT2D eigenvalue weighted by molar-refractivity contribution is 7.17. The molecule has 2 aromatic carbocycles. The number of benzene rings is 2. The lowest BCUT2D eigenvalue weighted by Gasteiger charge is -2.27. The minimum absolute atomic E-state index is 0.112. The van der Waals surface area contributed by atoms with Gasteiger partial charge in [-0.15, -0.1) is 11.3 Å². The van der Waals surface area contributed by atoms with Crippen molar-refractivity contribution in [3.05, 3.63) is 89.8 Å². The van der Waals surface area contributed by atoms with E-state index in [9.17, 15) is 19.7 Å². The van der Waals surface area contributed by atoms with Crippen LogP contribution in [-0.2, 0) is 19.5 Å². The minimum Gasteiger partial charge on any atom is -0.365 e. The number of nitro groups is 1. The molecule has 1 aliphatic heterocycles. The van der Waals surface area contributed by atoms with Crippen LogP contribution in [0.25, 0.3) is 0 Å². The molecule has 2 heterocycles. The average molecular weight is 505 g/mol. The lowest BCUT2D eigenvalue weighted by atomic mass is 10.0. The number of anilines is 1. The summed E-state index contributed by atoms with van der Waals surface area (Å²) in [5.41, 5.74) is 7.47. The van der Waals surface area contributed by atoms with E-state index in [0.29, 0.717) is 41.1 Å². The number of thiophene rings is 1. The molecule has 170 valence electrons. The molecule has 0 saturated carbocycles. The Morgan fingerprint density at radius 2 is 1.88 bits per heavy atom. The summed E-state index contributed by atoms with van der Waals surface area (Å²) in [6.45, 7) is 1.73. The van der Waals surface area contributed by atoms with Crippen LogP contribution in [0.2, 0.25) is 10.0 Å². The van der Waals surface area contributed by atoms with E-state index in [2.05, 4.69) is 10.2 Å². The van der Waals surface area contributed by atoms with Gasteiger partial charge in [-0.25, -0.2) is 0 Å². The monoisotopic (exact) mass is 504 g/mol. The number of hydrogen-bond donors (Lipinski definition) is 2. The summed E-state index contributed by atoms with van der Waals surface area (Å²) in [5, 5.41) is 15.2. The number of halogens is 2. The van der Waals surface area contributed by atoms with Gasteiger partial charge < -0.3 is 11.1 Å². The van der Waals surface area contributed by atoms with Crippen molar-refractivity contribution in [2.45, 2.75) is 19.5 Å². The number of amides is 2. The molecule has 2 amide bonds. The molecule has 0 fully saturated rings. The van der Waals surface area contributed by atoms with Gasteiger partial charge in [0.15, 0.2) is 0 Å². The zero-order valence-electron chi connectivity index (χ0n) is 17.1. The predicted molar refractivity (Wildman–Crippen MR) is 128 cm³/mol. The zero-order valence-corrected chi connectivity index (χ0v) is 19.5. The normalized spacial score (nSPS) is 13.4. The molecule has 0 unspecified atom stereocenters. The van der Waals surface area contributed by atoms with E-state index in [1.54, 1.807) is 18.2 Å². The molecular weight excluding hydrogens is 487 g/mol. The molecule has 0 atom stereocenters. The molecule has 3 N–H and O–H groups in total. The molecule has 0 spiro atoms. The third kappa shape index (κ3) is 4.86. The van der Waals surface area contributed by atoms with Gasteiger partial charge in [0.2, 0.25) is 0 Å². The van der Waals surface area contributed by atoms with Gasteiger partial charge in [0, 0.05) is 57.8 Å². The fraction of sp³-hybridized carbons (Fsp3) is 0.182. The molecule has 4 rings (SSSR count). The summed E-state index contributed by atoms with van der Waals surface area (Å²) in [7, 11) is 0. The smallest absolute Gasteiger partial charge is 0.270 e. The van der Waals surface area contributed by atoms with E-state index in [1.807, 2.05) is 0 Å². The molecule has 33 heavy (non-hydrogen) atoms. The first kappa shape index (κ1) is 23.2. The van der Waals surface area contributed by atoms with Gasteiger partial charge >= 0.3 is 0 Å². The first-order chi connectivity index (χ1) is 15.7. The van der Waals surface area contributed by atoms with Crippen molar-refractivity contribution in [2.75, 3.05) is 11.9 Å². The van der Waals surface area contributed by atoms with E-state index in [-0.39, 0.29) is 16.8 Å². The Kier molecular flexibility index (Phi) is 6.66. The van der Waals surface area contributed by atoms with Crippen LogP contribution in [0.4, 0.5) is 10.7 Å². The molecular formula is C22H18Cl2N4O4S.